The number of phenolic OH excluding ortho intramolecular Hbond substituents is 1. The van der Waals surface area contributed by atoms with Gasteiger partial charge >= 0.3 is 12.1 Å². The number of aromatic nitrogens is 2. The van der Waals surface area contributed by atoms with E-state index in [1.807, 2.05) is 49.4 Å². The number of H-pyrrole nitrogens is 2. The Morgan fingerprint density at radius 3 is 2.10 bits per heavy atom. The number of aliphatic hydroxyl groups excluding tert-OH is 1. The fourth-order valence-electron chi connectivity index (χ4n) is 16.0. The molecule has 0 spiro atoms. The summed E-state index contributed by atoms with van der Waals surface area (Å²) in [6, 6.07) is 19.8. The fourth-order valence-corrected chi connectivity index (χ4v) is 20.5. The zero-order valence-corrected chi connectivity index (χ0v) is 79.9. The van der Waals surface area contributed by atoms with Gasteiger partial charge in [-0.25, -0.2) is 9.59 Å². The second-order valence-corrected chi connectivity index (χ2v) is 39.4. The number of unbranched alkanes of at least 4 members (excludes halogenated alkanes) is 1. The number of likely N-dealkylation sites (N-methyl/N-ethyl adjacent to an activating group) is 1. The summed E-state index contributed by atoms with van der Waals surface area (Å²) in [4.78, 5) is 185. The number of esters is 1. The monoisotopic (exact) mass is 1940 g/mol. The molecule has 4 aliphatic rings. The number of aromatic hydroxyl groups is 1. The highest BCUT2D eigenvalue weighted by atomic mass is 35.5. The van der Waals surface area contributed by atoms with E-state index < -0.39 is 167 Å². The van der Waals surface area contributed by atoms with Gasteiger partial charge in [0.1, 0.15) is 94.5 Å². The number of nitrogens with two attached hydrogens (primary N) is 2. The molecule has 40 heteroatoms. The molecule has 0 radical (unpaired) electrons. The number of aromatic amines is 2. The van der Waals surface area contributed by atoms with Crippen LogP contribution in [0.3, 0.4) is 0 Å². The maximum Gasteiger partial charge on any atom is 0.409 e. The van der Waals surface area contributed by atoms with E-state index in [0.29, 0.717) is 57.4 Å². The Balaban J connectivity index is 0.789. The molecule has 4 bridgehead atoms. The molecule has 0 saturated carbocycles. The summed E-state index contributed by atoms with van der Waals surface area (Å²) in [5.74, 6) is -9.27. The topological polar surface area (TPSA) is 513 Å². The van der Waals surface area contributed by atoms with Crippen LogP contribution in [0.15, 0.2) is 163 Å². The molecule has 2 aromatic heterocycles. The van der Waals surface area contributed by atoms with Gasteiger partial charge < -0.3 is 113 Å². The number of hydrogen-bond acceptors (Lipinski definition) is 26. The van der Waals surface area contributed by atoms with Gasteiger partial charge in [0.25, 0.3) is 0 Å². The first-order valence-corrected chi connectivity index (χ1v) is 49.5. The third-order valence-corrected chi connectivity index (χ3v) is 29.1. The highest BCUT2D eigenvalue weighted by Gasteiger charge is 2.63. The second kappa shape index (κ2) is 48.4. The lowest BCUT2D eigenvalue weighted by Gasteiger charge is -2.42. The number of aliphatic hydroxyl groups is 2. The number of fused-ring (bicyclic) bond motifs is 7. The lowest BCUT2D eigenvalue weighted by Crippen LogP contribution is -2.63. The van der Waals surface area contributed by atoms with E-state index in [1.54, 1.807) is 112 Å². The Bertz CT molecular complexity index is 5460. The van der Waals surface area contributed by atoms with E-state index in [2.05, 4.69) is 57.8 Å². The lowest BCUT2D eigenvalue weighted by atomic mass is 9.85. The summed E-state index contributed by atoms with van der Waals surface area (Å²) < 4.78 is 29.7. The number of carbonyl (C=O) groups is 12. The molecule has 11 rings (SSSR count). The number of anilines is 1. The molecule has 7 aromatic rings. The van der Waals surface area contributed by atoms with Crippen molar-refractivity contribution in [3.63, 3.8) is 0 Å². The predicted octanol–water partition coefficient (Wildman–Crippen LogP) is 6.18. The molecule has 18 N–H and O–H groups in total. The van der Waals surface area contributed by atoms with Crippen molar-refractivity contribution < 1.29 is 96.5 Å². The van der Waals surface area contributed by atoms with E-state index in [4.69, 9.17) is 46.8 Å². The SMILES string of the molecule is COc1cc2cc(c1Cl)N(C)C(=O)C/C=C(\OC(=O)[C@H](C)N(C)C(=O)CCSSCCNC(=O)[C@H](Cc1c[nH]c3ccccc13)NC(=O)[C@@H]1CSSC[C@H](NC(=O)[C@H](N)Cc3ccccc3)C(=O)N[C@@H](Cc3ccc(O)cc3)C(=O)N[C@H](Cc3c[nH]c4ccccc34)C(=O)N[C@@H](CCCCN)C(=O)N[C@@H]([C@@H](C)O)C(=O)N1)[C@]1(C)O[C@H]1[C@H](C)[C@@H]1C[C@@](O)(NC(=O)O1)[C@H](OC)/C=C/C=C(\C)C2. The van der Waals surface area contributed by atoms with Crippen LogP contribution < -0.4 is 69.0 Å². The summed E-state index contributed by atoms with van der Waals surface area (Å²) in [6.07, 6.45) is 4.58. The number of nitrogens with zero attached hydrogens (tertiary/aromatic N) is 2. The van der Waals surface area contributed by atoms with E-state index in [-0.39, 0.29) is 110 Å². The number of hydrogen-bond donors (Lipinski definition) is 16. The van der Waals surface area contributed by atoms with Gasteiger partial charge in [-0.15, -0.1) is 0 Å². The van der Waals surface area contributed by atoms with E-state index in [9.17, 15) is 53.7 Å². The van der Waals surface area contributed by atoms with E-state index in [0.717, 1.165) is 43.6 Å². The third-order valence-electron chi connectivity index (χ3n) is 23.9. The van der Waals surface area contributed by atoms with Gasteiger partial charge in [-0.1, -0.05) is 164 Å². The number of ether oxygens (including phenoxy) is 5. The molecule has 16 atom stereocenters. The number of allylic oxidation sites excluding steroid dienone is 3. The number of carbonyl (C=O) groups excluding carboxylic acids is 12. The standard InChI is InChI=1S/C94H118ClN15O20S4/c1-52-20-19-28-77(127-9)94(125)47-75(128-92(124)108-94)53(2)82-93(5,130-82)76(33-34-78(113)110(7)73-43-58(40-52)44-74(126-8)80(73)95)129-91(123)54(3)109(6)79(114)35-38-131-132-39-37-98-84(116)69(45-59-48-99-65-25-15-13-23-62(59)65)103-89(121)72-51-134-133-50-71(105-83(115)64(97)41-56-21-11-10-12-22-56)88(120)102-68(42-57-29-31-61(112)32-30-57)86(118)104-70(46-60-49-100-66-26-16-14-24-63(60)66)87(119)101-67(27-17-18-36-96)85(117)107-81(55(4)111)90(122)106-72/h10-16,19-26,28-33,43-44,48-49,53-55,64,67-72,75,77,81-82,99-100,111-112,125H,17-18,27,34-42,45-47,50-51,96-97H2,1-9H3,(H,98,116)(H,101,119)(H,102,120)(H,103,121)(H,104,118)(H,105,115)(H,106,122)(H,107,117)(H,108,124)/b28-19+,52-20+,76-33-/t53-,54+,55-,64-,67+,68+,69+,70-,71+,72+,75+,77-,81+,82+,93+,94+/m1/s1. The third kappa shape index (κ3) is 27.6. The molecule has 0 aliphatic carbocycles. The van der Waals surface area contributed by atoms with Crippen molar-refractivity contribution in [2.45, 2.75) is 195 Å². The normalized spacial score (nSPS) is 25.1. The van der Waals surface area contributed by atoms with Crippen molar-refractivity contribution in [3.8, 4) is 11.5 Å². The largest absolute Gasteiger partial charge is 0.508 e. The first-order chi connectivity index (χ1) is 64.1. The molecule has 0 unspecified atom stereocenters. The summed E-state index contributed by atoms with van der Waals surface area (Å²) in [5, 5.41) is 60.3. The van der Waals surface area contributed by atoms with Crippen molar-refractivity contribution in [2.75, 3.05) is 69.3 Å². The molecule has 3 saturated heterocycles. The van der Waals surface area contributed by atoms with Gasteiger partial charge in [0.15, 0.2) is 5.72 Å². The van der Waals surface area contributed by atoms with Gasteiger partial charge in [0.05, 0.1) is 24.9 Å². The molecule has 35 nitrogen and oxygen atoms in total. The molecule has 3 fully saturated rings. The average molecular weight is 1940 g/mol. The minimum absolute atomic E-state index is 0.0311. The van der Waals surface area contributed by atoms with Crippen molar-refractivity contribution in [1.82, 2.24) is 62.7 Å². The Hall–Kier alpha value is -11.1. The number of alkyl carbamates (subject to hydrolysis) is 1. The van der Waals surface area contributed by atoms with Crippen LogP contribution >= 0.6 is 54.8 Å². The number of nitrogens with one attached hydrogen (secondary N) is 11. The second-order valence-electron chi connectivity index (χ2n) is 33.8. The summed E-state index contributed by atoms with van der Waals surface area (Å²) in [5.41, 5.74) is 14.9. The number of amides is 11. The summed E-state index contributed by atoms with van der Waals surface area (Å²) in [7, 11) is 10.4. The van der Waals surface area contributed by atoms with Crippen LogP contribution in [0.2, 0.25) is 5.02 Å². The quantitative estimate of drug-likeness (QED) is 0.0103. The Labute approximate surface area is 797 Å². The molecule has 6 heterocycles. The van der Waals surface area contributed by atoms with Crippen LogP contribution in [-0.2, 0) is 104 Å². The molecule has 11 amide bonds. The van der Waals surface area contributed by atoms with Gasteiger partial charge in [-0.05, 0) is 137 Å². The van der Waals surface area contributed by atoms with Crippen molar-refractivity contribution in [2.24, 2.45) is 17.4 Å². The zero-order valence-electron chi connectivity index (χ0n) is 75.9. The van der Waals surface area contributed by atoms with Crippen LogP contribution in [0.1, 0.15) is 101 Å². The van der Waals surface area contributed by atoms with Crippen LogP contribution in [0.4, 0.5) is 10.5 Å². The highest BCUT2D eigenvalue weighted by Crippen LogP contribution is 2.50. The zero-order chi connectivity index (χ0) is 96.7. The van der Waals surface area contributed by atoms with Crippen LogP contribution in [0.5, 0.6) is 11.5 Å². The number of halogens is 1. The smallest absolute Gasteiger partial charge is 0.409 e. The van der Waals surface area contributed by atoms with E-state index in [1.165, 1.54) is 84.7 Å². The van der Waals surface area contributed by atoms with Crippen LogP contribution in [-0.4, -0.2) is 256 Å². The maximum atomic E-state index is 15.3. The number of rotatable bonds is 30. The summed E-state index contributed by atoms with van der Waals surface area (Å²) >= 11 is 6.87. The lowest BCUT2D eigenvalue weighted by molar-refractivity contribution is -0.150. The minimum Gasteiger partial charge on any atom is -0.508 e. The molecule has 4 aliphatic heterocycles. The maximum absolute atomic E-state index is 15.3. The first-order valence-electron chi connectivity index (χ1n) is 44.1. The van der Waals surface area contributed by atoms with Gasteiger partial charge in [-0.2, -0.15) is 0 Å². The molecule has 5 aromatic carbocycles. The molecular formula is C94H118ClN15O20S4. The number of phenols is 1. The van der Waals surface area contributed by atoms with Gasteiger partial charge in [0.2, 0.25) is 59.1 Å². The van der Waals surface area contributed by atoms with Gasteiger partial charge in [0, 0.05) is 129 Å². The van der Waals surface area contributed by atoms with Crippen molar-refractivity contribution in [3.05, 3.63) is 196 Å². The number of methoxy groups -OCH3 is 2. The van der Waals surface area contributed by atoms with Crippen molar-refractivity contribution in [1.29, 1.82) is 0 Å². The van der Waals surface area contributed by atoms with Crippen LogP contribution in [0, 0.1) is 5.92 Å². The average Bonchev–Trinajstić information content (AvgIpc) is 1.57. The molecule has 134 heavy (non-hydrogen) atoms. The Kier molecular flexibility index (Phi) is 37.3. The van der Waals surface area contributed by atoms with Gasteiger partial charge in [-0.3, -0.25) is 53.3 Å². The van der Waals surface area contributed by atoms with Crippen molar-refractivity contribution >= 4 is 153 Å². The summed E-state index contributed by atoms with van der Waals surface area (Å²) in [6.45, 7) is 8.24. The number of benzene rings is 5. The molecule has 720 valence electrons. The number of para-hydroxylation sites is 2. The van der Waals surface area contributed by atoms with Crippen LogP contribution in [0.25, 0.3) is 21.8 Å². The Morgan fingerprint density at radius 1 is 0.769 bits per heavy atom. The Morgan fingerprint density at radius 2 is 1.41 bits per heavy atom. The first kappa shape index (κ1) is 103. The minimum atomic E-state index is -1.94. The highest BCUT2D eigenvalue weighted by molar-refractivity contribution is 8.77. The predicted molar refractivity (Wildman–Crippen MR) is 515 cm³/mol. The van der Waals surface area contributed by atoms with E-state index >= 15 is 19.2 Å². The molecular weight excluding hydrogens is 1820 g/mol. The fraction of sp³-hybridized carbons (Fsp3) is 0.447. The number of epoxide rings is 1.